The third kappa shape index (κ3) is 2.62. The maximum atomic E-state index is 12.9. The number of amides is 1. The van der Waals surface area contributed by atoms with Crippen LogP contribution in [0.1, 0.15) is 31.7 Å². The third-order valence-electron chi connectivity index (χ3n) is 6.81. The fraction of sp³-hybridized carbons (Fsp3) is 0.600. The molecule has 1 unspecified atom stereocenters. The molecule has 1 aromatic heterocycles. The standard InChI is InChI=1S/C20H26N5O3/c1-22-17-9-14(23-8-2-7-20(13-23)11-21-12-20)3-5-16(17)25(19(22)27)15-4-6-18(26)24(28)10-15/h3,5,9,15,21H,2,4,6-8,10-13H2,1H3/q+1. The van der Waals surface area contributed by atoms with E-state index < -0.39 is 5.91 Å². The molecule has 148 valence electrons. The van der Waals surface area contributed by atoms with Crippen LogP contribution in [0.4, 0.5) is 5.69 Å². The van der Waals surface area contributed by atoms with Gasteiger partial charge in [-0.1, -0.05) is 0 Å². The highest BCUT2D eigenvalue weighted by Gasteiger charge is 2.41. The number of anilines is 1. The first kappa shape index (κ1) is 17.6. The van der Waals surface area contributed by atoms with E-state index in [1.54, 1.807) is 16.2 Å². The van der Waals surface area contributed by atoms with Crippen molar-refractivity contribution in [3.05, 3.63) is 33.6 Å². The number of nitrogens with one attached hydrogen (secondary N) is 1. The number of benzene rings is 1. The predicted molar refractivity (Wildman–Crippen MR) is 106 cm³/mol. The first-order valence-corrected chi connectivity index (χ1v) is 10.1. The molecule has 1 spiro atoms. The van der Waals surface area contributed by atoms with Crippen LogP contribution >= 0.6 is 0 Å². The lowest BCUT2D eigenvalue weighted by atomic mass is 9.75. The van der Waals surface area contributed by atoms with Crippen LogP contribution in [0.5, 0.6) is 0 Å². The zero-order valence-electron chi connectivity index (χ0n) is 16.2. The van der Waals surface area contributed by atoms with E-state index in [-0.39, 0.29) is 24.7 Å². The summed E-state index contributed by atoms with van der Waals surface area (Å²) in [6.45, 7) is 4.31. The number of rotatable bonds is 2. The van der Waals surface area contributed by atoms with E-state index in [0.717, 1.165) is 42.9 Å². The van der Waals surface area contributed by atoms with E-state index >= 15 is 0 Å². The second-order valence-electron chi connectivity index (χ2n) is 8.66. The molecule has 3 fully saturated rings. The van der Waals surface area contributed by atoms with Gasteiger partial charge in [0.25, 0.3) is 0 Å². The summed E-state index contributed by atoms with van der Waals surface area (Å²) in [5, 5.41) is 3.41. The Bertz CT molecular complexity index is 1030. The summed E-state index contributed by atoms with van der Waals surface area (Å²) in [6, 6.07) is 5.92. The van der Waals surface area contributed by atoms with Gasteiger partial charge in [0.2, 0.25) is 6.54 Å². The molecule has 0 aliphatic carbocycles. The lowest BCUT2D eigenvalue weighted by molar-refractivity contribution is -0.482. The molecular formula is C20H26N5O3+. The summed E-state index contributed by atoms with van der Waals surface area (Å²) in [7, 11) is 1.78. The maximum Gasteiger partial charge on any atom is 0.433 e. The van der Waals surface area contributed by atoms with Crippen molar-refractivity contribution < 1.29 is 9.55 Å². The zero-order valence-corrected chi connectivity index (χ0v) is 16.2. The SMILES string of the molecule is Cn1c(=O)n(C2CCC(=O)[N+](=O)C2)c2ccc(N3CCCC4(CNC4)C3)cc21. The van der Waals surface area contributed by atoms with Crippen molar-refractivity contribution >= 4 is 22.6 Å². The van der Waals surface area contributed by atoms with Gasteiger partial charge in [0, 0.05) is 49.2 Å². The van der Waals surface area contributed by atoms with Crippen LogP contribution in [-0.2, 0) is 11.8 Å². The highest BCUT2D eigenvalue weighted by atomic mass is 16.3. The summed E-state index contributed by atoms with van der Waals surface area (Å²) >= 11 is 0. The Morgan fingerprint density at radius 2 is 2.04 bits per heavy atom. The molecule has 1 N–H and O–H groups in total. The van der Waals surface area contributed by atoms with Gasteiger partial charge in [-0.2, -0.15) is 0 Å². The van der Waals surface area contributed by atoms with E-state index in [1.807, 2.05) is 6.07 Å². The van der Waals surface area contributed by atoms with E-state index in [2.05, 4.69) is 22.3 Å². The molecule has 1 amide bonds. The van der Waals surface area contributed by atoms with Crippen LogP contribution in [0.15, 0.2) is 23.0 Å². The Hall–Kier alpha value is -2.48. The minimum Gasteiger partial charge on any atom is -0.371 e. The summed E-state index contributed by atoms with van der Waals surface area (Å²) < 4.78 is 3.85. The maximum absolute atomic E-state index is 12.9. The van der Waals surface area contributed by atoms with Gasteiger partial charge in [-0.05, 0) is 37.5 Å². The molecule has 3 aliphatic rings. The second kappa shape index (κ2) is 6.27. The molecule has 3 aliphatic heterocycles. The fourth-order valence-electron chi connectivity index (χ4n) is 5.11. The van der Waals surface area contributed by atoms with Crippen molar-refractivity contribution in [2.45, 2.75) is 31.7 Å². The topological polar surface area (TPSA) is 79.3 Å². The number of aryl methyl sites for hydroxylation is 1. The Morgan fingerprint density at radius 1 is 1.21 bits per heavy atom. The zero-order chi connectivity index (χ0) is 19.5. The first-order valence-electron chi connectivity index (χ1n) is 10.1. The molecular weight excluding hydrogens is 358 g/mol. The number of aromatic nitrogens is 2. The minimum absolute atomic E-state index is 0.0429. The van der Waals surface area contributed by atoms with E-state index in [1.165, 1.54) is 12.8 Å². The molecule has 5 rings (SSSR count). The normalized spacial score (nSPS) is 24.8. The Kier molecular flexibility index (Phi) is 3.94. The Labute approximate surface area is 162 Å². The molecule has 0 radical (unpaired) electrons. The molecule has 8 heteroatoms. The molecule has 0 saturated carbocycles. The van der Waals surface area contributed by atoms with Gasteiger partial charge in [-0.25, -0.2) is 9.59 Å². The number of imidazole rings is 1. The number of carbonyl (C=O) groups is 1. The lowest BCUT2D eigenvalue weighted by Crippen LogP contribution is -2.61. The molecule has 8 nitrogen and oxygen atoms in total. The largest absolute Gasteiger partial charge is 0.433 e. The van der Waals surface area contributed by atoms with Gasteiger partial charge in [-0.3, -0.25) is 9.13 Å². The van der Waals surface area contributed by atoms with Gasteiger partial charge in [-0.15, -0.1) is 0 Å². The number of nitroso groups, excluding NO2 is 1. The van der Waals surface area contributed by atoms with E-state index in [4.69, 9.17) is 0 Å². The van der Waals surface area contributed by atoms with E-state index in [0.29, 0.717) is 16.6 Å². The van der Waals surface area contributed by atoms with Crippen LogP contribution in [0.2, 0.25) is 0 Å². The van der Waals surface area contributed by atoms with Gasteiger partial charge in [0.05, 0.1) is 22.2 Å². The first-order chi connectivity index (χ1) is 13.5. The number of hydrogen-bond donors (Lipinski definition) is 1. The quantitative estimate of drug-likeness (QED) is 0.787. The number of fused-ring (bicyclic) bond motifs is 1. The fourth-order valence-corrected chi connectivity index (χ4v) is 5.11. The molecule has 1 atom stereocenters. The molecule has 4 heterocycles. The van der Waals surface area contributed by atoms with Crippen molar-refractivity contribution in [2.24, 2.45) is 12.5 Å². The van der Waals surface area contributed by atoms with Crippen LogP contribution in [0.25, 0.3) is 11.0 Å². The summed E-state index contributed by atoms with van der Waals surface area (Å²) in [5.74, 6) is -0.392. The van der Waals surface area contributed by atoms with Crippen molar-refractivity contribution in [3.63, 3.8) is 0 Å². The number of nitrogens with zero attached hydrogens (tertiary/aromatic N) is 4. The number of hydrogen-bond acceptors (Lipinski definition) is 5. The van der Waals surface area contributed by atoms with Crippen molar-refractivity contribution in [2.75, 3.05) is 37.6 Å². The number of carbonyl (C=O) groups excluding carboxylic acids is 1. The van der Waals surface area contributed by atoms with Crippen LogP contribution in [0.3, 0.4) is 0 Å². The van der Waals surface area contributed by atoms with Crippen LogP contribution in [0, 0.1) is 10.3 Å². The molecule has 3 saturated heterocycles. The summed E-state index contributed by atoms with van der Waals surface area (Å²) in [6.07, 6.45) is 3.19. The van der Waals surface area contributed by atoms with Crippen molar-refractivity contribution in [3.8, 4) is 0 Å². The lowest BCUT2D eigenvalue weighted by Gasteiger charge is -2.50. The average molecular weight is 384 g/mol. The van der Waals surface area contributed by atoms with Gasteiger partial charge in [0.15, 0.2) is 0 Å². The minimum atomic E-state index is -0.392. The van der Waals surface area contributed by atoms with Crippen molar-refractivity contribution in [1.29, 1.82) is 0 Å². The Balaban J connectivity index is 1.51. The van der Waals surface area contributed by atoms with Gasteiger partial charge >= 0.3 is 11.6 Å². The highest BCUT2D eigenvalue weighted by molar-refractivity contribution is 5.81. The van der Waals surface area contributed by atoms with Gasteiger partial charge < -0.3 is 10.2 Å². The van der Waals surface area contributed by atoms with Crippen molar-refractivity contribution in [1.82, 2.24) is 14.5 Å². The molecule has 2 aromatic rings. The van der Waals surface area contributed by atoms with Crippen LogP contribution in [-0.4, -0.2) is 52.5 Å². The second-order valence-corrected chi connectivity index (χ2v) is 8.66. The molecule has 28 heavy (non-hydrogen) atoms. The Morgan fingerprint density at radius 3 is 2.75 bits per heavy atom. The summed E-state index contributed by atoms with van der Waals surface area (Å²) in [4.78, 5) is 38.7. The van der Waals surface area contributed by atoms with E-state index in [9.17, 15) is 14.5 Å². The average Bonchev–Trinajstić information content (AvgIpc) is 2.93. The van der Waals surface area contributed by atoms with Crippen LogP contribution < -0.4 is 15.9 Å². The summed E-state index contributed by atoms with van der Waals surface area (Å²) in [5.41, 5.74) is 3.13. The smallest absolute Gasteiger partial charge is 0.371 e. The van der Waals surface area contributed by atoms with Gasteiger partial charge in [0.1, 0.15) is 6.04 Å². The monoisotopic (exact) mass is 384 g/mol. The predicted octanol–water partition coefficient (Wildman–Crippen LogP) is 1.17. The highest BCUT2D eigenvalue weighted by Crippen LogP contribution is 2.36. The molecule has 0 bridgehead atoms. The molecule has 1 aromatic carbocycles. The number of piperidine rings is 2. The third-order valence-corrected chi connectivity index (χ3v) is 6.81.